The van der Waals surface area contributed by atoms with Crippen LogP contribution in [0.3, 0.4) is 0 Å². The van der Waals surface area contributed by atoms with Crippen molar-refractivity contribution in [1.82, 2.24) is 19.9 Å². The van der Waals surface area contributed by atoms with Crippen LogP contribution in [-0.2, 0) is 0 Å². The summed E-state index contributed by atoms with van der Waals surface area (Å²) < 4.78 is 0. The SMILES string of the molecule is Cc1cccnc1Nc1ncnc(N(C)C2CCN(C)CC2)c1N. The van der Waals surface area contributed by atoms with E-state index in [0.717, 1.165) is 43.1 Å². The van der Waals surface area contributed by atoms with Crippen molar-refractivity contribution in [3.63, 3.8) is 0 Å². The van der Waals surface area contributed by atoms with E-state index in [9.17, 15) is 0 Å². The second kappa shape index (κ2) is 7.00. The largest absolute Gasteiger partial charge is 0.393 e. The smallest absolute Gasteiger partial charge is 0.160 e. The molecule has 2 aromatic heterocycles. The lowest BCUT2D eigenvalue weighted by molar-refractivity contribution is 0.252. The van der Waals surface area contributed by atoms with Crippen molar-refractivity contribution < 1.29 is 0 Å². The molecule has 0 atom stereocenters. The molecule has 2 aromatic rings. The number of hydrogen-bond acceptors (Lipinski definition) is 7. The Labute approximate surface area is 142 Å². The molecule has 7 nitrogen and oxygen atoms in total. The van der Waals surface area contributed by atoms with Crippen molar-refractivity contribution in [2.75, 3.05) is 43.1 Å². The Hall–Kier alpha value is -2.41. The Balaban J connectivity index is 1.81. The summed E-state index contributed by atoms with van der Waals surface area (Å²) in [6, 6.07) is 4.35. The number of likely N-dealkylation sites (tertiary alicyclic amines) is 1. The molecule has 0 radical (unpaired) electrons. The van der Waals surface area contributed by atoms with Crippen molar-refractivity contribution in [3.05, 3.63) is 30.2 Å². The van der Waals surface area contributed by atoms with Gasteiger partial charge in [-0.15, -0.1) is 0 Å². The lowest BCUT2D eigenvalue weighted by Gasteiger charge is -2.36. The Bertz CT molecular complexity index is 695. The third kappa shape index (κ3) is 3.41. The second-order valence-electron chi connectivity index (χ2n) is 6.40. The molecule has 0 aliphatic carbocycles. The van der Waals surface area contributed by atoms with Crippen LogP contribution in [0.2, 0.25) is 0 Å². The Morgan fingerprint density at radius 3 is 2.67 bits per heavy atom. The van der Waals surface area contributed by atoms with Crippen LogP contribution in [0.5, 0.6) is 0 Å². The highest BCUT2D eigenvalue weighted by atomic mass is 15.2. The predicted molar refractivity (Wildman–Crippen MR) is 97.6 cm³/mol. The van der Waals surface area contributed by atoms with Crippen LogP contribution in [0.4, 0.5) is 23.1 Å². The number of aromatic nitrogens is 3. The summed E-state index contributed by atoms with van der Waals surface area (Å²) in [5.41, 5.74) is 7.95. The molecule has 1 saturated heterocycles. The zero-order valence-corrected chi connectivity index (χ0v) is 14.5. The first-order valence-corrected chi connectivity index (χ1v) is 8.26. The van der Waals surface area contributed by atoms with E-state index >= 15 is 0 Å². The maximum atomic E-state index is 6.35. The first-order valence-electron chi connectivity index (χ1n) is 8.26. The second-order valence-corrected chi connectivity index (χ2v) is 6.40. The minimum atomic E-state index is 0.447. The van der Waals surface area contributed by atoms with Crippen molar-refractivity contribution in [2.24, 2.45) is 0 Å². The maximum absolute atomic E-state index is 6.35. The fraction of sp³-hybridized carbons (Fsp3) is 0.471. The minimum absolute atomic E-state index is 0.447. The van der Waals surface area contributed by atoms with Crippen molar-refractivity contribution in [1.29, 1.82) is 0 Å². The van der Waals surface area contributed by atoms with Gasteiger partial charge in [-0.25, -0.2) is 15.0 Å². The van der Waals surface area contributed by atoms with Gasteiger partial charge in [0.25, 0.3) is 0 Å². The molecule has 0 spiro atoms. The number of hydrogen-bond donors (Lipinski definition) is 2. The highest BCUT2D eigenvalue weighted by Gasteiger charge is 2.24. The van der Waals surface area contributed by atoms with E-state index in [4.69, 9.17) is 5.73 Å². The van der Waals surface area contributed by atoms with Gasteiger partial charge < -0.3 is 20.9 Å². The van der Waals surface area contributed by atoms with Crippen LogP contribution in [-0.4, -0.2) is 53.1 Å². The van der Waals surface area contributed by atoms with Gasteiger partial charge in [0, 0.05) is 19.3 Å². The molecule has 3 rings (SSSR count). The van der Waals surface area contributed by atoms with Gasteiger partial charge in [0.15, 0.2) is 11.6 Å². The van der Waals surface area contributed by atoms with Crippen LogP contribution in [0.15, 0.2) is 24.7 Å². The summed E-state index contributed by atoms with van der Waals surface area (Å²) in [5, 5.41) is 3.22. The number of nitrogens with zero attached hydrogens (tertiary/aromatic N) is 5. The molecule has 1 fully saturated rings. The molecule has 0 amide bonds. The van der Waals surface area contributed by atoms with Crippen molar-refractivity contribution in [2.45, 2.75) is 25.8 Å². The molecule has 1 aliphatic rings. The fourth-order valence-electron chi connectivity index (χ4n) is 3.05. The van der Waals surface area contributed by atoms with Crippen LogP contribution >= 0.6 is 0 Å². The number of anilines is 4. The Morgan fingerprint density at radius 2 is 1.96 bits per heavy atom. The van der Waals surface area contributed by atoms with Crippen LogP contribution in [0.1, 0.15) is 18.4 Å². The van der Waals surface area contributed by atoms with E-state index in [1.165, 1.54) is 0 Å². The lowest BCUT2D eigenvalue weighted by Crippen LogP contribution is -2.42. The summed E-state index contributed by atoms with van der Waals surface area (Å²) in [5.74, 6) is 2.13. The summed E-state index contributed by atoms with van der Waals surface area (Å²) in [7, 11) is 4.22. The van der Waals surface area contributed by atoms with E-state index in [2.05, 4.69) is 44.2 Å². The minimum Gasteiger partial charge on any atom is -0.393 e. The van der Waals surface area contributed by atoms with E-state index in [1.807, 2.05) is 19.1 Å². The zero-order chi connectivity index (χ0) is 17.1. The lowest BCUT2D eigenvalue weighted by atomic mass is 10.0. The van der Waals surface area contributed by atoms with E-state index in [-0.39, 0.29) is 0 Å². The summed E-state index contributed by atoms with van der Waals surface area (Å²) in [6.07, 6.45) is 5.52. The number of nitrogen functional groups attached to an aromatic ring is 1. The molecule has 1 aliphatic heterocycles. The summed E-state index contributed by atoms with van der Waals surface area (Å²) in [4.78, 5) is 17.6. The first kappa shape index (κ1) is 16.4. The molecule has 0 bridgehead atoms. The molecule has 0 aromatic carbocycles. The maximum Gasteiger partial charge on any atom is 0.160 e. The molecule has 7 heteroatoms. The molecule has 128 valence electrons. The van der Waals surface area contributed by atoms with E-state index in [0.29, 0.717) is 17.5 Å². The monoisotopic (exact) mass is 327 g/mol. The Kier molecular flexibility index (Phi) is 4.80. The van der Waals surface area contributed by atoms with Gasteiger partial charge in [0.1, 0.15) is 17.8 Å². The number of rotatable bonds is 4. The highest BCUT2D eigenvalue weighted by molar-refractivity contribution is 5.78. The zero-order valence-electron chi connectivity index (χ0n) is 14.5. The Morgan fingerprint density at radius 1 is 1.21 bits per heavy atom. The van der Waals surface area contributed by atoms with Gasteiger partial charge in [-0.3, -0.25) is 0 Å². The molecule has 0 unspecified atom stereocenters. The number of piperidine rings is 1. The van der Waals surface area contributed by atoms with Crippen LogP contribution in [0, 0.1) is 6.92 Å². The third-order valence-corrected chi connectivity index (χ3v) is 4.68. The molecule has 3 N–H and O–H groups in total. The molecular formula is C17H25N7. The molecular weight excluding hydrogens is 302 g/mol. The van der Waals surface area contributed by atoms with Gasteiger partial charge in [-0.05, 0) is 51.5 Å². The highest BCUT2D eigenvalue weighted by Crippen LogP contribution is 2.30. The summed E-state index contributed by atoms with van der Waals surface area (Å²) >= 11 is 0. The summed E-state index contributed by atoms with van der Waals surface area (Å²) in [6.45, 7) is 4.19. The van der Waals surface area contributed by atoms with E-state index in [1.54, 1.807) is 12.5 Å². The number of aryl methyl sites for hydroxylation is 1. The average molecular weight is 327 g/mol. The quantitative estimate of drug-likeness (QED) is 0.889. The van der Waals surface area contributed by atoms with Gasteiger partial charge in [0.05, 0.1) is 0 Å². The standard InChI is InChI=1S/C17H25N7/c1-12-5-4-8-19-15(12)22-16-14(18)17(21-11-20-16)24(3)13-6-9-23(2)10-7-13/h4-5,8,11,13H,6-7,9-10,18H2,1-3H3,(H,19,20,21,22). The van der Waals surface area contributed by atoms with Crippen molar-refractivity contribution >= 4 is 23.1 Å². The fourth-order valence-corrected chi connectivity index (χ4v) is 3.05. The topological polar surface area (TPSA) is 83.2 Å². The van der Waals surface area contributed by atoms with E-state index < -0.39 is 0 Å². The van der Waals surface area contributed by atoms with Gasteiger partial charge in [0.2, 0.25) is 0 Å². The normalized spacial score (nSPS) is 16.1. The van der Waals surface area contributed by atoms with Crippen LogP contribution < -0.4 is 16.0 Å². The number of nitrogens with two attached hydrogens (primary N) is 1. The molecule has 24 heavy (non-hydrogen) atoms. The first-order chi connectivity index (χ1) is 11.6. The number of pyridine rings is 1. The van der Waals surface area contributed by atoms with Crippen LogP contribution in [0.25, 0.3) is 0 Å². The average Bonchev–Trinajstić information content (AvgIpc) is 2.59. The third-order valence-electron chi connectivity index (χ3n) is 4.68. The number of nitrogens with one attached hydrogen (secondary N) is 1. The van der Waals surface area contributed by atoms with Gasteiger partial charge in [-0.1, -0.05) is 6.07 Å². The van der Waals surface area contributed by atoms with Gasteiger partial charge in [-0.2, -0.15) is 0 Å². The molecule has 0 saturated carbocycles. The van der Waals surface area contributed by atoms with Crippen molar-refractivity contribution in [3.8, 4) is 0 Å². The van der Waals surface area contributed by atoms with Gasteiger partial charge >= 0.3 is 0 Å². The predicted octanol–water partition coefficient (Wildman–Crippen LogP) is 2.04. The molecule has 3 heterocycles.